The zero-order chi connectivity index (χ0) is 15.6. The monoisotopic (exact) mass is 311 g/mol. The maximum atomic E-state index is 10.4. The van der Waals surface area contributed by atoms with E-state index in [9.17, 15) is 13.0 Å². The summed E-state index contributed by atoms with van der Waals surface area (Å²) in [5.41, 5.74) is 5.07. The molecule has 0 radical (unpaired) electrons. The lowest BCUT2D eigenvalue weighted by Crippen LogP contribution is -2.63. The normalized spacial score (nSPS) is 28.9. The number of hydrogen-bond acceptors (Lipinski definition) is 3. The first-order chi connectivity index (χ1) is 9.77. The van der Waals surface area contributed by atoms with Crippen LogP contribution in [-0.4, -0.2) is 19.0 Å². The summed E-state index contributed by atoms with van der Waals surface area (Å²) in [7, 11) is -4.27. The third-order valence-corrected chi connectivity index (χ3v) is 5.68. The Balaban J connectivity index is 0.000000154. The van der Waals surface area contributed by atoms with E-state index in [4.69, 9.17) is 0 Å². The van der Waals surface area contributed by atoms with Crippen LogP contribution < -0.4 is 5.73 Å². The Morgan fingerprint density at radius 3 is 2.14 bits per heavy atom. The Bertz CT molecular complexity index is 566. The van der Waals surface area contributed by atoms with E-state index in [-0.39, 0.29) is 4.90 Å². The molecule has 2 unspecified atom stereocenters. The molecule has 1 aromatic rings. The Hall–Kier alpha value is -0.910. The summed E-state index contributed by atoms with van der Waals surface area (Å²) in [4.78, 5) is -0.178. The van der Waals surface area contributed by atoms with Crippen LogP contribution >= 0.6 is 0 Å². The summed E-state index contributed by atoms with van der Waals surface area (Å²) in [6, 6.07) is 6.49. The van der Waals surface area contributed by atoms with Gasteiger partial charge in [-0.15, -0.1) is 0 Å². The second-order valence-corrected chi connectivity index (χ2v) is 7.96. The average molecular weight is 311 g/mol. The van der Waals surface area contributed by atoms with Gasteiger partial charge in [0.05, 0.1) is 10.9 Å². The van der Waals surface area contributed by atoms with Crippen molar-refractivity contribution in [1.82, 2.24) is 0 Å². The third kappa shape index (κ3) is 4.28. The molecular weight excluding hydrogens is 286 g/mol. The van der Waals surface area contributed by atoms with Gasteiger partial charge in [-0.3, -0.25) is 0 Å². The molecule has 0 amide bonds. The van der Waals surface area contributed by atoms with Crippen molar-refractivity contribution in [3.63, 3.8) is 0 Å². The lowest BCUT2D eigenvalue weighted by atomic mass is 9.84. The Labute approximate surface area is 127 Å². The minimum Gasteiger partial charge on any atom is -0.744 e. The molecule has 0 heterocycles. The maximum Gasteiger partial charge on any atom is 0.124 e. The zero-order valence-corrected chi connectivity index (χ0v) is 13.6. The van der Waals surface area contributed by atoms with Gasteiger partial charge in [0.15, 0.2) is 0 Å². The second kappa shape index (κ2) is 6.46. The Kier molecular flexibility index (Phi) is 5.07. The molecule has 2 saturated carbocycles. The highest BCUT2D eigenvalue weighted by atomic mass is 32.2. The fourth-order valence-electron chi connectivity index (χ4n) is 3.70. The van der Waals surface area contributed by atoms with Crippen molar-refractivity contribution < 1.29 is 18.7 Å². The number of quaternary nitrogens is 1. The van der Waals surface area contributed by atoms with Crippen LogP contribution in [0.4, 0.5) is 0 Å². The topological polar surface area (TPSA) is 84.8 Å². The summed E-state index contributed by atoms with van der Waals surface area (Å²) in [6.45, 7) is 4.10. The summed E-state index contributed by atoms with van der Waals surface area (Å²) >= 11 is 0. The zero-order valence-electron chi connectivity index (χ0n) is 12.8. The lowest BCUT2D eigenvalue weighted by Gasteiger charge is -2.22. The van der Waals surface area contributed by atoms with Crippen molar-refractivity contribution in [3.8, 4) is 0 Å². The number of benzene rings is 1. The maximum absolute atomic E-state index is 10.4. The minimum atomic E-state index is -4.27. The summed E-state index contributed by atoms with van der Waals surface area (Å²) < 4.78 is 31.2. The first kappa shape index (κ1) is 16.5. The van der Waals surface area contributed by atoms with Gasteiger partial charge >= 0.3 is 0 Å². The highest BCUT2D eigenvalue weighted by molar-refractivity contribution is 7.85. The van der Waals surface area contributed by atoms with Gasteiger partial charge in [-0.1, -0.05) is 24.1 Å². The van der Waals surface area contributed by atoms with Gasteiger partial charge in [0.1, 0.15) is 10.1 Å². The van der Waals surface area contributed by atoms with Gasteiger partial charge in [-0.25, -0.2) is 8.42 Å². The molecule has 2 aliphatic carbocycles. The fraction of sp³-hybridized carbons (Fsp3) is 0.625. The standard InChI is InChI=1S/C9H17N.C7H8O3S/c1-6(10)9-5-7-2-3-8(9)4-7;1-6-2-4-7(5-3-6)11(8,9)10/h6-9H,2-5,10H2,1H3;2-5H,1H3,(H,8,9,10)/t6?,7-,8+,9?;/m1./s1. The summed E-state index contributed by atoms with van der Waals surface area (Å²) in [6.07, 6.45) is 6.06. The molecule has 2 fully saturated rings. The largest absolute Gasteiger partial charge is 0.744 e. The van der Waals surface area contributed by atoms with Crippen molar-refractivity contribution in [2.75, 3.05) is 0 Å². The van der Waals surface area contributed by atoms with Crippen molar-refractivity contribution in [2.24, 2.45) is 17.8 Å². The van der Waals surface area contributed by atoms with E-state index >= 15 is 0 Å². The quantitative estimate of drug-likeness (QED) is 0.847. The van der Waals surface area contributed by atoms with Crippen LogP contribution in [0, 0.1) is 24.7 Å². The number of fused-ring (bicyclic) bond motifs is 2. The number of hydrogen-bond donors (Lipinski definition) is 1. The molecule has 0 saturated heterocycles. The van der Waals surface area contributed by atoms with Crippen LogP contribution in [0.3, 0.4) is 0 Å². The predicted molar refractivity (Wildman–Crippen MR) is 80.4 cm³/mol. The summed E-state index contributed by atoms with van der Waals surface area (Å²) in [5.74, 6) is 3.15. The van der Waals surface area contributed by atoms with Crippen molar-refractivity contribution in [3.05, 3.63) is 29.8 Å². The molecule has 5 heteroatoms. The molecule has 1 aromatic carbocycles. The van der Waals surface area contributed by atoms with E-state index in [1.807, 2.05) is 6.92 Å². The molecule has 3 N–H and O–H groups in total. The van der Waals surface area contributed by atoms with Crippen LogP contribution in [0.1, 0.15) is 38.2 Å². The van der Waals surface area contributed by atoms with E-state index in [0.717, 1.165) is 23.3 Å². The number of aryl methyl sites for hydroxylation is 1. The smallest absolute Gasteiger partial charge is 0.124 e. The molecule has 0 spiro atoms. The van der Waals surface area contributed by atoms with Crippen molar-refractivity contribution >= 4 is 10.1 Å². The average Bonchev–Trinajstić information content (AvgIpc) is 3.01. The van der Waals surface area contributed by atoms with Crippen LogP contribution in [0.5, 0.6) is 0 Å². The van der Waals surface area contributed by atoms with E-state index in [1.165, 1.54) is 37.8 Å². The minimum absolute atomic E-state index is 0.178. The SMILES string of the molecule is CC([NH3+])C1C[C@@H]2CC[C@H]1C2.Cc1ccc(S(=O)(=O)[O-])cc1. The van der Waals surface area contributed by atoms with E-state index in [2.05, 4.69) is 12.7 Å². The fourth-order valence-corrected chi connectivity index (χ4v) is 4.17. The molecule has 21 heavy (non-hydrogen) atoms. The van der Waals surface area contributed by atoms with E-state index < -0.39 is 10.1 Å². The Morgan fingerprint density at radius 1 is 1.19 bits per heavy atom. The highest BCUT2D eigenvalue weighted by Crippen LogP contribution is 2.48. The summed E-state index contributed by atoms with van der Waals surface area (Å²) in [5, 5.41) is 0. The molecule has 3 rings (SSSR count). The molecule has 2 aliphatic rings. The van der Waals surface area contributed by atoms with Crippen molar-refractivity contribution in [2.45, 2.75) is 50.5 Å². The third-order valence-electron chi connectivity index (χ3n) is 4.83. The van der Waals surface area contributed by atoms with Gasteiger partial charge in [0.25, 0.3) is 0 Å². The van der Waals surface area contributed by atoms with E-state index in [0.29, 0.717) is 6.04 Å². The second-order valence-electron chi connectivity index (χ2n) is 6.58. The lowest BCUT2D eigenvalue weighted by molar-refractivity contribution is -0.430. The molecule has 0 aromatic heterocycles. The Morgan fingerprint density at radius 2 is 1.81 bits per heavy atom. The van der Waals surface area contributed by atoms with Gasteiger partial charge in [0, 0.05) is 5.92 Å². The van der Waals surface area contributed by atoms with Gasteiger partial charge < -0.3 is 10.3 Å². The van der Waals surface area contributed by atoms with Gasteiger partial charge in [-0.05, 0) is 57.1 Å². The first-order valence-electron chi connectivity index (χ1n) is 7.63. The molecule has 2 bridgehead atoms. The molecule has 4 nitrogen and oxygen atoms in total. The molecule has 118 valence electrons. The number of rotatable bonds is 2. The van der Waals surface area contributed by atoms with Crippen molar-refractivity contribution in [1.29, 1.82) is 0 Å². The van der Waals surface area contributed by atoms with Gasteiger partial charge in [0.2, 0.25) is 0 Å². The predicted octanol–water partition coefficient (Wildman–Crippen LogP) is 1.95. The van der Waals surface area contributed by atoms with Crippen LogP contribution in [0.2, 0.25) is 0 Å². The van der Waals surface area contributed by atoms with Gasteiger partial charge in [-0.2, -0.15) is 0 Å². The van der Waals surface area contributed by atoms with Crippen LogP contribution in [0.25, 0.3) is 0 Å². The van der Waals surface area contributed by atoms with Crippen LogP contribution in [0.15, 0.2) is 29.2 Å². The van der Waals surface area contributed by atoms with E-state index in [1.54, 1.807) is 12.1 Å². The highest BCUT2D eigenvalue weighted by Gasteiger charge is 2.42. The molecule has 0 aliphatic heterocycles. The first-order valence-corrected chi connectivity index (χ1v) is 9.04. The molecular formula is C16H25NO3S. The molecule has 4 atom stereocenters. The van der Waals surface area contributed by atoms with Crippen LogP contribution in [-0.2, 0) is 10.1 Å².